The summed E-state index contributed by atoms with van der Waals surface area (Å²) in [5.74, 6) is -0.832. The minimum atomic E-state index is -0.760. The number of ether oxygens (including phenoxy) is 3. The van der Waals surface area contributed by atoms with Gasteiger partial charge < -0.3 is 14.2 Å². The summed E-state index contributed by atoms with van der Waals surface area (Å²) < 4.78 is 16.9. The Hall–Kier alpha value is -1.59. The Kier molecular flexibility index (Phi) is 52.7. The van der Waals surface area contributed by atoms with Crippen molar-refractivity contribution in [2.75, 3.05) is 13.2 Å². The molecule has 0 radical (unpaired) electrons. The van der Waals surface area contributed by atoms with Crippen LogP contribution in [0.1, 0.15) is 335 Å². The molecule has 0 saturated carbocycles. The zero-order chi connectivity index (χ0) is 46.5. The summed E-state index contributed by atoms with van der Waals surface area (Å²) in [5, 5.41) is 0. The number of esters is 3. The first-order chi connectivity index (χ1) is 31.5. The van der Waals surface area contributed by atoms with Crippen LogP contribution in [0, 0.1) is 0 Å². The zero-order valence-electron chi connectivity index (χ0n) is 43.6. The van der Waals surface area contributed by atoms with Crippen LogP contribution < -0.4 is 0 Å². The van der Waals surface area contributed by atoms with E-state index in [9.17, 15) is 14.4 Å². The van der Waals surface area contributed by atoms with Crippen LogP contribution in [0.5, 0.6) is 0 Å². The van der Waals surface area contributed by atoms with Crippen LogP contribution in [0.3, 0.4) is 0 Å². The standard InChI is InChI=1S/C58H112O6/c1-4-7-10-13-16-19-22-25-27-29-30-32-33-36-39-42-45-48-51-57(60)63-54-55(53-62-56(59)50-47-44-41-38-35-24-21-18-15-12-9-6-3)64-58(61)52-49-46-43-40-37-34-31-28-26-23-20-17-14-11-8-5-2/h55H,4-54H2,1-3H3/t55-/m0/s1. The average Bonchev–Trinajstić information content (AvgIpc) is 3.29. The van der Waals surface area contributed by atoms with Gasteiger partial charge in [0.05, 0.1) is 0 Å². The molecule has 0 aliphatic carbocycles. The summed E-state index contributed by atoms with van der Waals surface area (Å²) in [5.41, 5.74) is 0. The molecule has 0 heterocycles. The van der Waals surface area contributed by atoms with Crippen LogP contribution in [-0.4, -0.2) is 37.2 Å². The third kappa shape index (κ3) is 51.4. The maximum atomic E-state index is 12.8. The molecule has 0 aromatic heterocycles. The molecule has 0 bridgehead atoms. The third-order valence-electron chi connectivity index (χ3n) is 13.4. The van der Waals surface area contributed by atoms with Crippen molar-refractivity contribution >= 4 is 17.9 Å². The maximum Gasteiger partial charge on any atom is 0.306 e. The van der Waals surface area contributed by atoms with E-state index in [2.05, 4.69) is 20.8 Å². The lowest BCUT2D eigenvalue weighted by Crippen LogP contribution is -2.30. The van der Waals surface area contributed by atoms with Gasteiger partial charge in [-0.15, -0.1) is 0 Å². The molecule has 0 aliphatic heterocycles. The van der Waals surface area contributed by atoms with Gasteiger partial charge in [-0.2, -0.15) is 0 Å². The number of hydrogen-bond acceptors (Lipinski definition) is 6. The van der Waals surface area contributed by atoms with E-state index in [1.54, 1.807) is 0 Å². The second-order valence-electron chi connectivity index (χ2n) is 19.9. The molecule has 6 nitrogen and oxygen atoms in total. The van der Waals surface area contributed by atoms with Crippen molar-refractivity contribution < 1.29 is 28.6 Å². The Bertz CT molecular complexity index is 951. The fourth-order valence-electron chi connectivity index (χ4n) is 8.98. The second kappa shape index (κ2) is 54.0. The molecule has 0 N–H and O–H groups in total. The molecule has 0 aliphatic rings. The molecule has 380 valence electrons. The van der Waals surface area contributed by atoms with Gasteiger partial charge in [0.2, 0.25) is 0 Å². The Labute approximate surface area is 399 Å². The average molecular weight is 906 g/mol. The fourth-order valence-corrected chi connectivity index (χ4v) is 8.98. The molecule has 0 fully saturated rings. The van der Waals surface area contributed by atoms with E-state index in [4.69, 9.17) is 14.2 Å². The highest BCUT2D eigenvalue weighted by Crippen LogP contribution is 2.18. The normalized spacial score (nSPS) is 11.9. The van der Waals surface area contributed by atoms with Crippen molar-refractivity contribution in [3.8, 4) is 0 Å². The first-order valence-electron chi connectivity index (χ1n) is 29.0. The molecule has 64 heavy (non-hydrogen) atoms. The van der Waals surface area contributed by atoms with Gasteiger partial charge in [-0.05, 0) is 19.3 Å². The van der Waals surface area contributed by atoms with Gasteiger partial charge in [-0.3, -0.25) is 14.4 Å². The largest absolute Gasteiger partial charge is 0.462 e. The molecule has 0 rings (SSSR count). The smallest absolute Gasteiger partial charge is 0.306 e. The SMILES string of the molecule is CCCCCCCCCCCCCCCCCCCCC(=O)OC[C@H](COC(=O)CCCCCCCCCCCCCC)OC(=O)CCCCCCCCCCCCCCCCCC. The highest BCUT2D eigenvalue weighted by atomic mass is 16.6. The van der Waals surface area contributed by atoms with Gasteiger partial charge in [-0.1, -0.05) is 297 Å². The molecule has 0 aromatic rings. The molecule has 1 atom stereocenters. The van der Waals surface area contributed by atoms with Crippen molar-refractivity contribution in [2.24, 2.45) is 0 Å². The Morgan fingerprint density at radius 3 is 0.625 bits per heavy atom. The fraction of sp³-hybridized carbons (Fsp3) is 0.948. The zero-order valence-corrected chi connectivity index (χ0v) is 43.6. The van der Waals surface area contributed by atoms with Gasteiger partial charge in [-0.25, -0.2) is 0 Å². The molecule has 0 spiro atoms. The van der Waals surface area contributed by atoms with Crippen LogP contribution in [0.15, 0.2) is 0 Å². The van der Waals surface area contributed by atoms with Crippen molar-refractivity contribution in [2.45, 2.75) is 341 Å². The summed E-state index contributed by atoms with van der Waals surface area (Å²) >= 11 is 0. The van der Waals surface area contributed by atoms with E-state index in [0.29, 0.717) is 19.3 Å². The molecular weight excluding hydrogens is 793 g/mol. The topological polar surface area (TPSA) is 78.9 Å². The second-order valence-corrected chi connectivity index (χ2v) is 19.9. The van der Waals surface area contributed by atoms with E-state index >= 15 is 0 Å². The van der Waals surface area contributed by atoms with Crippen LogP contribution in [-0.2, 0) is 28.6 Å². The van der Waals surface area contributed by atoms with Crippen LogP contribution in [0.2, 0.25) is 0 Å². The lowest BCUT2D eigenvalue weighted by Gasteiger charge is -2.18. The predicted octanol–water partition coefficient (Wildman–Crippen LogP) is 19.2. The third-order valence-corrected chi connectivity index (χ3v) is 13.4. The van der Waals surface area contributed by atoms with Gasteiger partial charge in [0.1, 0.15) is 13.2 Å². The van der Waals surface area contributed by atoms with Crippen LogP contribution in [0.4, 0.5) is 0 Å². The van der Waals surface area contributed by atoms with Crippen molar-refractivity contribution in [1.82, 2.24) is 0 Å². The highest BCUT2D eigenvalue weighted by Gasteiger charge is 2.19. The summed E-state index contributed by atoms with van der Waals surface area (Å²) in [7, 11) is 0. The van der Waals surface area contributed by atoms with Gasteiger partial charge in [0.15, 0.2) is 6.10 Å². The molecular formula is C58H112O6. The molecule has 0 saturated heterocycles. The van der Waals surface area contributed by atoms with E-state index < -0.39 is 6.10 Å². The first-order valence-corrected chi connectivity index (χ1v) is 29.0. The predicted molar refractivity (Wildman–Crippen MR) is 275 cm³/mol. The van der Waals surface area contributed by atoms with E-state index in [0.717, 1.165) is 57.8 Å². The highest BCUT2D eigenvalue weighted by molar-refractivity contribution is 5.71. The lowest BCUT2D eigenvalue weighted by atomic mass is 10.0. The van der Waals surface area contributed by atoms with Crippen molar-refractivity contribution in [1.29, 1.82) is 0 Å². The Morgan fingerprint density at radius 1 is 0.250 bits per heavy atom. The summed E-state index contributed by atoms with van der Waals surface area (Å²) in [6.07, 6.45) is 59.5. The number of carbonyl (C=O) groups excluding carboxylic acids is 3. The van der Waals surface area contributed by atoms with Gasteiger partial charge >= 0.3 is 17.9 Å². The Morgan fingerprint density at radius 2 is 0.422 bits per heavy atom. The molecule has 0 amide bonds. The Balaban J connectivity index is 4.26. The van der Waals surface area contributed by atoms with Gasteiger partial charge in [0.25, 0.3) is 0 Å². The monoisotopic (exact) mass is 905 g/mol. The van der Waals surface area contributed by atoms with Gasteiger partial charge in [0, 0.05) is 19.3 Å². The van der Waals surface area contributed by atoms with E-state index in [1.165, 1.54) is 238 Å². The lowest BCUT2D eigenvalue weighted by molar-refractivity contribution is -0.167. The van der Waals surface area contributed by atoms with Crippen molar-refractivity contribution in [3.63, 3.8) is 0 Å². The van der Waals surface area contributed by atoms with Crippen molar-refractivity contribution in [3.05, 3.63) is 0 Å². The minimum Gasteiger partial charge on any atom is -0.462 e. The maximum absolute atomic E-state index is 12.8. The van der Waals surface area contributed by atoms with E-state index in [1.807, 2.05) is 0 Å². The number of unbranched alkanes of at least 4 members (excludes halogenated alkanes) is 43. The number of carbonyl (C=O) groups is 3. The van der Waals surface area contributed by atoms with Crippen LogP contribution in [0.25, 0.3) is 0 Å². The molecule has 0 unspecified atom stereocenters. The summed E-state index contributed by atoms with van der Waals surface area (Å²) in [6.45, 7) is 6.70. The minimum absolute atomic E-state index is 0.0610. The van der Waals surface area contributed by atoms with Crippen LogP contribution >= 0.6 is 0 Å². The summed E-state index contributed by atoms with van der Waals surface area (Å²) in [6, 6.07) is 0. The number of hydrogen-bond donors (Lipinski definition) is 0. The first kappa shape index (κ1) is 62.4. The molecule has 0 aromatic carbocycles. The number of rotatable bonds is 54. The summed E-state index contributed by atoms with van der Waals surface area (Å²) in [4.78, 5) is 38.1. The quantitative estimate of drug-likeness (QED) is 0.0344. The van der Waals surface area contributed by atoms with E-state index in [-0.39, 0.29) is 31.1 Å². The molecule has 6 heteroatoms.